The molecule has 88 valence electrons. The van der Waals surface area contributed by atoms with Crippen LogP contribution in [0, 0.1) is 11.8 Å². The second kappa shape index (κ2) is 5.52. The molecule has 2 atom stereocenters. The van der Waals surface area contributed by atoms with Gasteiger partial charge in [-0.1, -0.05) is 33.6 Å². The first kappa shape index (κ1) is 12.4. The van der Waals surface area contributed by atoms with Gasteiger partial charge < -0.3 is 5.32 Å². The monoisotopic (exact) mass is 301 g/mol. The normalized spacial score (nSPS) is 24.2. The third kappa shape index (κ3) is 2.79. The first-order valence-electron chi connectivity index (χ1n) is 5.79. The van der Waals surface area contributed by atoms with Gasteiger partial charge in [0.2, 0.25) is 0 Å². The summed E-state index contributed by atoms with van der Waals surface area (Å²) in [4.78, 5) is 0. The minimum atomic E-state index is 0.811. The van der Waals surface area contributed by atoms with Crippen LogP contribution in [0.3, 0.4) is 0 Å². The van der Waals surface area contributed by atoms with Crippen LogP contribution in [0.4, 0.5) is 0 Å². The Balaban J connectivity index is 1.98. The Hall–Kier alpha value is -0.0500. The molecule has 0 aliphatic heterocycles. The molecule has 0 saturated heterocycles. The summed E-state index contributed by atoms with van der Waals surface area (Å²) in [7, 11) is 2.03. The summed E-state index contributed by atoms with van der Waals surface area (Å²) in [5.41, 5.74) is 1.29. The lowest BCUT2D eigenvalue weighted by Crippen LogP contribution is -2.35. The second-order valence-electron chi connectivity index (χ2n) is 4.60. The minimum Gasteiger partial charge on any atom is -0.319 e. The fraction of sp³-hybridized carbons (Fsp3) is 0.538. The first-order valence-corrected chi connectivity index (χ1v) is 6.96. The fourth-order valence-electron chi connectivity index (χ4n) is 2.41. The Morgan fingerprint density at radius 1 is 1.38 bits per heavy atom. The molecular formula is C13H17BrClN. The molecule has 1 aliphatic rings. The van der Waals surface area contributed by atoms with Crippen LogP contribution in [-0.2, 0) is 6.42 Å². The van der Waals surface area contributed by atoms with Crippen molar-refractivity contribution in [2.24, 2.45) is 11.8 Å². The highest BCUT2D eigenvalue weighted by Gasteiger charge is 2.30. The van der Waals surface area contributed by atoms with E-state index in [9.17, 15) is 0 Å². The van der Waals surface area contributed by atoms with Crippen molar-refractivity contribution in [3.63, 3.8) is 0 Å². The van der Waals surface area contributed by atoms with Gasteiger partial charge in [-0.2, -0.15) is 0 Å². The van der Waals surface area contributed by atoms with Gasteiger partial charge in [-0.3, -0.25) is 0 Å². The maximum absolute atomic E-state index is 6.23. The Morgan fingerprint density at radius 2 is 2.12 bits per heavy atom. The summed E-state index contributed by atoms with van der Waals surface area (Å²) in [5, 5.41) is 4.16. The molecule has 3 heteroatoms. The van der Waals surface area contributed by atoms with Gasteiger partial charge in [0.05, 0.1) is 0 Å². The first-order chi connectivity index (χ1) is 7.70. The van der Waals surface area contributed by atoms with Crippen molar-refractivity contribution in [3.05, 3.63) is 33.3 Å². The Kier molecular flexibility index (Phi) is 4.28. The molecule has 0 bridgehead atoms. The molecule has 16 heavy (non-hydrogen) atoms. The highest BCUT2D eigenvalue weighted by Crippen LogP contribution is 2.37. The van der Waals surface area contributed by atoms with E-state index in [0.29, 0.717) is 0 Å². The molecule has 0 radical (unpaired) electrons. The van der Waals surface area contributed by atoms with Crippen LogP contribution < -0.4 is 5.32 Å². The third-order valence-corrected chi connectivity index (χ3v) is 4.38. The Morgan fingerprint density at radius 3 is 2.69 bits per heavy atom. The summed E-state index contributed by atoms with van der Waals surface area (Å²) in [6, 6.07) is 6.21. The number of nitrogens with one attached hydrogen (secondary N) is 1. The molecule has 1 nitrogen and oxygen atoms in total. The molecule has 1 fully saturated rings. The van der Waals surface area contributed by atoms with Crippen LogP contribution in [0.1, 0.15) is 18.4 Å². The van der Waals surface area contributed by atoms with Crippen LogP contribution in [0.25, 0.3) is 0 Å². The average molecular weight is 303 g/mol. The van der Waals surface area contributed by atoms with Crippen molar-refractivity contribution in [1.29, 1.82) is 0 Å². The van der Waals surface area contributed by atoms with Gasteiger partial charge in [0.1, 0.15) is 0 Å². The number of rotatable bonds is 4. The molecular weight excluding hydrogens is 286 g/mol. The van der Waals surface area contributed by atoms with E-state index in [4.69, 9.17) is 11.6 Å². The minimum absolute atomic E-state index is 0.811. The maximum atomic E-state index is 6.23. The van der Waals surface area contributed by atoms with Crippen LogP contribution in [-0.4, -0.2) is 13.6 Å². The number of benzene rings is 1. The van der Waals surface area contributed by atoms with E-state index < -0.39 is 0 Å². The van der Waals surface area contributed by atoms with Crippen molar-refractivity contribution in [2.75, 3.05) is 13.6 Å². The van der Waals surface area contributed by atoms with Crippen LogP contribution in [0.5, 0.6) is 0 Å². The van der Waals surface area contributed by atoms with E-state index >= 15 is 0 Å². The summed E-state index contributed by atoms with van der Waals surface area (Å²) >= 11 is 9.67. The molecule has 2 rings (SSSR count). The number of hydrogen-bond acceptors (Lipinski definition) is 1. The lowest BCUT2D eigenvalue weighted by atomic mass is 9.71. The van der Waals surface area contributed by atoms with E-state index in [2.05, 4.69) is 33.4 Å². The van der Waals surface area contributed by atoms with Crippen LogP contribution in [0.15, 0.2) is 22.7 Å². The van der Waals surface area contributed by atoms with Crippen molar-refractivity contribution in [2.45, 2.75) is 19.3 Å². The van der Waals surface area contributed by atoms with Crippen molar-refractivity contribution < 1.29 is 0 Å². The van der Waals surface area contributed by atoms with Crippen LogP contribution >= 0.6 is 27.5 Å². The molecule has 1 N–H and O–H groups in total. The van der Waals surface area contributed by atoms with Crippen molar-refractivity contribution in [3.8, 4) is 0 Å². The van der Waals surface area contributed by atoms with E-state index in [1.165, 1.54) is 18.4 Å². The molecule has 1 saturated carbocycles. The van der Waals surface area contributed by atoms with Gasteiger partial charge in [0.15, 0.2) is 0 Å². The van der Waals surface area contributed by atoms with E-state index in [0.717, 1.165) is 34.3 Å². The van der Waals surface area contributed by atoms with Crippen LogP contribution in [0.2, 0.25) is 5.02 Å². The zero-order chi connectivity index (χ0) is 11.5. The quantitative estimate of drug-likeness (QED) is 0.890. The van der Waals surface area contributed by atoms with E-state index in [1.54, 1.807) is 0 Å². The lowest BCUT2D eigenvalue weighted by Gasteiger charge is -2.37. The topological polar surface area (TPSA) is 12.0 Å². The lowest BCUT2D eigenvalue weighted by molar-refractivity contribution is 0.174. The summed E-state index contributed by atoms with van der Waals surface area (Å²) in [5.74, 6) is 1.65. The molecule has 0 heterocycles. The smallest absolute Gasteiger partial charge is 0.0449 e. The highest BCUT2D eigenvalue weighted by molar-refractivity contribution is 9.10. The summed E-state index contributed by atoms with van der Waals surface area (Å²) in [6.07, 6.45) is 3.83. The third-order valence-electron chi connectivity index (χ3n) is 3.54. The summed E-state index contributed by atoms with van der Waals surface area (Å²) < 4.78 is 1.06. The molecule has 0 aromatic heterocycles. The van der Waals surface area contributed by atoms with Gasteiger partial charge in [-0.15, -0.1) is 0 Å². The van der Waals surface area contributed by atoms with Gasteiger partial charge in [-0.05, 0) is 62.4 Å². The predicted octanol–water partition coefficient (Wildman–Crippen LogP) is 3.89. The van der Waals surface area contributed by atoms with Gasteiger partial charge in [0, 0.05) is 9.50 Å². The Labute approximate surface area is 111 Å². The largest absolute Gasteiger partial charge is 0.319 e. The second-order valence-corrected chi connectivity index (χ2v) is 5.92. The zero-order valence-electron chi connectivity index (χ0n) is 9.47. The molecule has 0 amide bonds. The average Bonchev–Trinajstić information content (AvgIpc) is 2.23. The highest BCUT2D eigenvalue weighted by atomic mass is 79.9. The molecule has 2 unspecified atom stereocenters. The molecule has 1 aliphatic carbocycles. The maximum Gasteiger partial charge on any atom is 0.0449 e. The van der Waals surface area contributed by atoms with Gasteiger partial charge in [-0.25, -0.2) is 0 Å². The molecule has 1 aromatic rings. The predicted molar refractivity (Wildman–Crippen MR) is 73.0 cm³/mol. The number of halogens is 2. The standard InChI is InChI=1S/C13H17BrClN/c1-16-8-11-3-2-9(11)6-10-4-5-12(14)7-13(10)15/h4-5,7,9,11,16H,2-3,6,8H2,1H3. The van der Waals surface area contributed by atoms with Gasteiger partial charge in [0.25, 0.3) is 0 Å². The zero-order valence-corrected chi connectivity index (χ0v) is 11.8. The number of hydrogen-bond donors (Lipinski definition) is 1. The SMILES string of the molecule is CNCC1CCC1Cc1ccc(Br)cc1Cl. The summed E-state index contributed by atoms with van der Waals surface area (Å²) in [6.45, 7) is 1.14. The fourth-order valence-corrected chi connectivity index (χ4v) is 3.16. The molecule has 1 aromatic carbocycles. The van der Waals surface area contributed by atoms with E-state index in [1.807, 2.05) is 13.1 Å². The van der Waals surface area contributed by atoms with E-state index in [-0.39, 0.29) is 0 Å². The van der Waals surface area contributed by atoms with Crippen molar-refractivity contribution >= 4 is 27.5 Å². The molecule has 0 spiro atoms. The van der Waals surface area contributed by atoms with Gasteiger partial charge >= 0.3 is 0 Å². The van der Waals surface area contributed by atoms with Crippen molar-refractivity contribution in [1.82, 2.24) is 5.32 Å². The Bertz CT molecular complexity index is 367.